The van der Waals surface area contributed by atoms with Crippen LogP contribution in [0.1, 0.15) is 22.7 Å². The molecule has 0 saturated carbocycles. The van der Waals surface area contributed by atoms with E-state index in [0.717, 1.165) is 30.8 Å². The number of likely N-dealkylation sites (N-methyl/N-ethyl adjacent to an activating group) is 1. The molecule has 1 saturated heterocycles. The predicted molar refractivity (Wildman–Crippen MR) is 91.0 cm³/mol. The third kappa shape index (κ3) is 3.35. The first-order valence-electron chi connectivity index (χ1n) is 7.90. The van der Waals surface area contributed by atoms with Gasteiger partial charge in [0, 0.05) is 49.7 Å². The van der Waals surface area contributed by atoms with Crippen molar-refractivity contribution in [1.29, 1.82) is 0 Å². The molecule has 3 rings (SSSR count). The molecular formula is C17H21N5O2. The Hall–Kier alpha value is -2.54. The van der Waals surface area contributed by atoms with Gasteiger partial charge in [0.1, 0.15) is 5.69 Å². The average molecular weight is 327 g/mol. The van der Waals surface area contributed by atoms with Crippen LogP contribution in [0.3, 0.4) is 0 Å². The van der Waals surface area contributed by atoms with E-state index in [9.17, 15) is 4.79 Å². The number of likely N-dealkylation sites (tertiary alicyclic amines) is 1. The molecule has 2 aromatic heterocycles. The Bertz CT molecular complexity index is 742. The third-order valence-corrected chi connectivity index (χ3v) is 4.33. The molecule has 1 atom stereocenters. The molecule has 7 heteroatoms. The topological polar surface area (TPSA) is 74.8 Å². The van der Waals surface area contributed by atoms with Crippen LogP contribution in [-0.2, 0) is 0 Å². The fourth-order valence-corrected chi connectivity index (χ4v) is 2.95. The highest BCUT2D eigenvalue weighted by Gasteiger charge is 2.30. The summed E-state index contributed by atoms with van der Waals surface area (Å²) in [4.78, 5) is 24.6. The van der Waals surface area contributed by atoms with E-state index in [4.69, 9.17) is 4.52 Å². The van der Waals surface area contributed by atoms with Crippen LogP contribution >= 0.6 is 0 Å². The second kappa shape index (κ2) is 6.92. The standard InChI is InChI=1S/C17H21N5O2/c1-12-8-13(4-6-19-12)15-9-16(24-20-15)17(23)21(3)14-5-7-22(10-14)11-18-2/h4,6,8-9,14H,2,5,7,10-11H2,1,3H3/t14-/m1/s1. The van der Waals surface area contributed by atoms with Gasteiger partial charge >= 0.3 is 0 Å². The van der Waals surface area contributed by atoms with Crippen LogP contribution < -0.4 is 0 Å². The summed E-state index contributed by atoms with van der Waals surface area (Å²) in [6.45, 7) is 7.74. The highest BCUT2D eigenvalue weighted by Crippen LogP contribution is 2.22. The average Bonchev–Trinajstić information content (AvgIpc) is 3.23. The van der Waals surface area contributed by atoms with Crippen molar-refractivity contribution in [2.24, 2.45) is 4.99 Å². The number of aliphatic imine (C=N–C) groups is 1. The number of pyridine rings is 1. The Morgan fingerprint density at radius 1 is 1.54 bits per heavy atom. The molecule has 1 fully saturated rings. The third-order valence-electron chi connectivity index (χ3n) is 4.33. The summed E-state index contributed by atoms with van der Waals surface area (Å²) in [5.74, 6) is 0.0974. The second-order valence-electron chi connectivity index (χ2n) is 6.06. The minimum absolute atomic E-state index is 0.149. The molecule has 3 heterocycles. The van der Waals surface area contributed by atoms with E-state index < -0.39 is 0 Å². The fraction of sp³-hybridized carbons (Fsp3) is 0.412. The number of carbonyl (C=O) groups excluding carboxylic acids is 1. The quantitative estimate of drug-likeness (QED) is 0.784. The van der Waals surface area contributed by atoms with Crippen molar-refractivity contribution in [2.45, 2.75) is 19.4 Å². The molecule has 0 spiro atoms. The maximum absolute atomic E-state index is 12.6. The van der Waals surface area contributed by atoms with Crippen LogP contribution in [0.15, 0.2) is 33.9 Å². The van der Waals surface area contributed by atoms with Crippen molar-refractivity contribution in [3.05, 3.63) is 35.9 Å². The van der Waals surface area contributed by atoms with Crippen molar-refractivity contribution < 1.29 is 9.32 Å². The summed E-state index contributed by atoms with van der Waals surface area (Å²) in [5.41, 5.74) is 2.42. The summed E-state index contributed by atoms with van der Waals surface area (Å²) in [6.07, 6.45) is 2.63. The maximum Gasteiger partial charge on any atom is 0.292 e. The van der Waals surface area contributed by atoms with E-state index in [1.165, 1.54) is 0 Å². The lowest BCUT2D eigenvalue weighted by molar-refractivity contribution is 0.0694. The normalized spacial score (nSPS) is 17.8. The molecule has 2 aromatic rings. The zero-order valence-corrected chi connectivity index (χ0v) is 14.0. The molecule has 126 valence electrons. The van der Waals surface area contributed by atoms with Gasteiger partial charge < -0.3 is 9.42 Å². The summed E-state index contributed by atoms with van der Waals surface area (Å²) in [5, 5.41) is 4.02. The molecule has 0 N–H and O–H groups in total. The summed E-state index contributed by atoms with van der Waals surface area (Å²) >= 11 is 0. The first-order chi connectivity index (χ1) is 11.6. The van der Waals surface area contributed by atoms with E-state index >= 15 is 0 Å². The molecular weight excluding hydrogens is 306 g/mol. The van der Waals surface area contributed by atoms with Gasteiger partial charge in [0.15, 0.2) is 0 Å². The number of nitrogens with zero attached hydrogens (tertiary/aromatic N) is 5. The van der Waals surface area contributed by atoms with Gasteiger partial charge in [-0.2, -0.15) is 0 Å². The first kappa shape index (κ1) is 16.3. The minimum atomic E-state index is -0.155. The Labute approximate surface area is 141 Å². The van der Waals surface area contributed by atoms with E-state index in [1.54, 1.807) is 24.2 Å². The van der Waals surface area contributed by atoms with Gasteiger partial charge in [-0.05, 0) is 32.2 Å². The Morgan fingerprint density at radius 2 is 2.38 bits per heavy atom. The highest BCUT2D eigenvalue weighted by atomic mass is 16.5. The van der Waals surface area contributed by atoms with Gasteiger partial charge in [0.05, 0.1) is 6.67 Å². The number of rotatable bonds is 5. The summed E-state index contributed by atoms with van der Waals surface area (Å²) in [7, 11) is 1.80. The van der Waals surface area contributed by atoms with Crippen molar-refractivity contribution in [1.82, 2.24) is 19.9 Å². The Balaban J connectivity index is 1.70. The molecule has 7 nitrogen and oxygen atoms in total. The van der Waals surface area contributed by atoms with Crippen LogP contribution in [0.5, 0.6) is 0 Å². The molecule has 0 aromatic carbocycles. The van der Waals surface area contributed by atoms with Crippen LogP contribution in [0.25, 0.3) is 11.3 Å². The SMILES string of the molecule is C=NCN1CC[C@@H](N(C)C(=O)c2cc(-c3ccnc(C)c3)no2)C1. The number of carbonyl (C=O) groups is 1. The van der Waals surface area contributed by atoms with Crippen LogP contribution in [0.2, 0.25) is 0 Å². The molecule has 0 aliphatic carbocycles. The van der Waals surface area contributed by atoms with Crippen LogP contribution in [-0.4, -0.2) is 65.4 Å². The fourth-order valence-electron chi connectivity index (χ4n) is 2.95. The second-order valence-corrected chi connectivity index (χ2v) is 6.06. The number of amides is 1. The molecule has 1 amide bonds. The van der Waals surface area contributed by atoms with Crippen molar-refractivity contribution in [3.63, 3.8) is 0 Å². The van der Waals surface area contributed by atoms with Crippen molar-refractivity contribution in [3.8, 4) is 11.3 Å². The molecule has 0 radical (unpaired) electrons. The molecule has 0 bridgehead atoms. The van der Waals surface area contributed by atoms with E-state index in [2.05, 4.69) is 26.8 Å². The maximum atomic E-state index is 12.6. The van der Waals surface area contributed by atoms with Crippen LogP contribution in [0.4, 0.5) is 0 Å². The van der Waals surface area contributed by atoms with E-state index in [-0.39, 0.29) is 17.7 Å². The molecule has 0 unspecified atom stereocenters. The lowest BCUT2D eigenvalue weighted by Gasteiger charge is -2.23. The summed E-state index contributed by atoms with van der Waals surface area (Å²) in [6, 6.07) is 5.59. The number of aryl methyl sites for hydroxylation is 1. The van der Waals surface area contributed by atoms with Gasteiger partial charge in [0.2, 0.25) is 5.76 Å². The zero-order chi connectivity index (χ0) is 17.1. The molecule has 1 aliphatic heterocycles. The number of hydrogen-bond acceptors (Lipinski definition) is 6. The lowest BCUT2D eigenvalue weighted by Crippen LogP contribution is -2.38. The monoisotopic (exact) mass is 327 g/mol. The number of aromatic nitrogens is 2. The van der Waals surface area contributed by atoms with Crippen molar-refractivity contribution in [2.75, 3.05) is 26.8 Å². The zero-order valence-electron chi connectivity index (χ0n) is 14.0. The predicted octanol–water partition coefficient (Wildman–Crippen LogP) is 1.85. The smallest absolute Gasteiger partial charge is 0.292 e. The number of hydrogen-bond donors (Lipinski definition) is 0. The lowest BCUT2D eigenvalue weighted by atomic mass is 10.1. The van der Waals surface area contributed by atoms with Crippen LogP contribution in [0, 0.1) is 6.92 Å². The minimum Gasteiger partial charge on any atom is -0.350 e. The van der Waals surface area contributed by atoms with E-state index in [0.29, 0.717) is 12.4 Å². The van der Waals surface area contributed by atoms with Gasteiger partial charge in [0.25, 0.3) is 5.91 Å². The van der Waals surface area contributed by atoms with Gasteiger partial charge in [-0.3, -0.25) is 19.7 Å². The molecule has 24 heavy (non-hydrogen) atoms. The largest absolute Gasteiger partial charge is 0.350 e. The van der Waals surface area contributed by atoms with Gasteiger partial charge in [-0.1, -0.05) is 5.16 Å². The first-order valence-corrected chi connectivity index (χ1v) is 7.90. The Kier molecular flexibility index (Phi) is 4.71. The van der Waals surface area contributed by atoms with E-state index in [1.807, 2.05) is 19.1 Å². The van der Waals surface area contributed by atoms with Crippen molar-refractivity contribution >= 4 is 12.6 Å². The Morgan fingerprint density at radius 3 is 3.12 bits per heavy atom. The van der Waals surface area contributed by atoms with Gasteiger partial charge in [-0.15, -0.1) is 0 Å². The highest BCUT2D eigenvalue weighted by molar-refractivity contribution is 5.92. The summed E-state index contributed by atoms with van der Waals surface area (Å²) < 4.78 is 5.27. The van der Waals surface area contributed by atoms with Gasteiger partial charge in [-0.25, -0.2) is 0 Å². The molecule has 1 aliphatic rings.